The first-order valence-electron chi connectivity index (χ1n) is 9.16. The van der Waals surface area contributed by atoms with Crippen LogP contribution in [0, 0.1) is 5.92 Å². The number of aromatic amines is 1. The number of aromatic nitrogens is 3. The van der Waals surface area contributed by atoms with Crippen LogP contribution in [0.2, 0.25) is 0 Å². The van der Waals surface area contributed by atoms with Crippen molar-refractivity contribution >= 4 is 20.9 Å². The van der Waals surface area contributed by atoms with Gasteiger partial charge in [0.05, 0.1) is 5.52 Å². The standard InChI is InChI=1S/C19H23N5O2S/c25-27(26,18-7-1-5-16-6-2-9-20-19(16)18)22-12-15-4-3-11-24(13-15)14-17-8-10-21-23-17/h1-2,5-10,15,22H,3-4,11-14H2,(H,21,23)/t15-/m0/s1. The summed E-state index contributed by atoms with van der Waals surface area (Å²) >= 11 is 0. The van der Waals surface area contributed by atoms with Crippen molar-refractivity contribution in [1.29, 1.82) is 0 Å². The lowest BCUT2D eigenvalue weighted by Crippen LogP contribution is -2.40. The summed E-state index contributed by atoms with van der Waals surface area (Å²) in [4.78, 5) is 6.84. The van der Waals surface area contributed by atoms with Gasteiger partial charge in [-0.2, -0.15) is 5.10 Å². The monoisotopic (exact) mass is 385 g/mol. The molecule has 2 aromatic heterocycles. The maximum Gasteiger partial charge on any atom is 0.242 e. The summed E-state index contributed by atoms with van der Waals surface area (Å²) in [7, 11) is -3.60. The van der Waals surface area contributed by atoms with Crippen molar-refractivity contribution in [3.05, 3.63) is 54.5 Å². The smallest absolute Gasteiger partial charge is 0.242 e. The zero-order valence-electron chi connectivity index (χ0n) is 15.0. The lowest BCUT2D eigenvalue weighted by atomic mass is 9.98. The van der Waals surface area contributed by atoms with E-state index in [0.717, 1.165) is 43.6 Å². The van der Waals surface area contributed by atoms with Gasteiger partial charge in [0.15, 0.2) is 0 Å². The maximum absolute atomic E-state index is 12.8. The highest BCUT2D eigenvalue weighted by molar-refractivity contribution is 7.89. The van der Waals surface area contributed by atoms with Gasteiger partial charge in [0.2, 0.25) is 10.0 Å². The van der Waals surface area contributed by atoms with Gasteiger partial charge >= 0.3 is 0 Å². The number of piperidine rings is 1. The van der Waals surface area contributed by atoms with Crippen LogP contribution in [0.1, 0.15) is 18.5 Å². The van der Waals surface area contributed by atoms with Gasteiger partial charge in [-0.15, -0.1) is 0 Å². The Morgan fingerprint density at radius 1 is 1.19 bits per heavy atom. The van der Waals surface area contributed by atoms with E-state index in [1.54, 1.807) is 24.5 Å². The third-order valence-corrected chi connectivity index (χ3v) is 6.46. The molecule has 3 heterocycles. The van der Waals surface area contributed by atoms with E-state index in [0.29, 0.717) is 18.0 Å². The highest BCUT2D eigenvalue weighted by Crippen LogP contribution is 2.22. The normalized spacial score (nSPS) is 18.7. The predicted molar refractivity (Wildman–Crippen MR) is 104 cm³/mol. The lowest BCUT2D eigenvalue weighted by molar-refractivity contribution is 0.167. The topological polar surface area (TPSA) is 91.0 Å². The number of fused-ring (bicyclic) bond motifs is 1. The van der Waals surface area contributed by atoms with E-state index in [1.807, 2.05) is 24.3 Å². The van der Waals surface area contributed by atoms with Crippen LogP contribution in [0.4, 0.5) is 0 Å². The van der Waals surface area contributed by atoms with Gasteiger partial charge < -0.3 is 0 Å². The summed E-state index contributed by atoms with van der Waals surface area (Å²) in [5.74, 6) is 0.291. The highest BCUT2D eigenvalue weighted by atomic mass is 32.2. The number of nitrogens with zero attached hydrogens (tertiary/aromatic N) is 3. The van der Waals surface area contributed by atoms with Crippen molar-refractivity contribution in [2.75, 3.05) is 19.6 Å². The molecule has 1 aromatic carbocycles. The largest absolute Gasteiger partial charge is 0.297 e. The fourth-order valence-electron chi connectivity index (χ4n) is 3.67. The van der Waals surface area contributed by atoms with Crippen molar-refractivity contribution in [2.24, 2.45) is 5.92 Å². The molecular weight excluding hydrogens is 362 g/mol. The second-order valence-corrected chi connectivity index (χ2v) is 8.74. The molecule has 0 radical (unpaired) electrons. The van der Waals surface area contributed by atoms with Crippen molar-refractivity contribution < 1.29 is 8.42 Å². The van der Waals surface area contributed by atoms with E-state index in [9.17, 15) is 8.42 Å². The molecule has 4 rings (SSSR count). The minimum Gasteiger partial charge on any atom is -0.297 e. The number of benzene rings is 1. The van der Waals surface area contributed by atoms with E-state index in [-0.39, 0.29) is 4.90 Å². The minimum atomic E-state index is -3.60. The molecule has 3 aromatic rings. The molecule has 0 spiro atoms. The Hall–Kier alpha value is -2.29. The molecule has 0 aliphatic carbocycles. The minimum absolute atomic E-state index is 0.241. The van der Waals surface area contributed by atoms with Gasteiger partial charge in [-0.05, 0) is 43.5 Å². The highest BCUT2D eigenvalue weighted by Gasteiger charge is 2.24. The fourth-order valence-corrected chi connectivity index (χ4v) is 4.97. The predicted octanol–water partition coefficient (Wildman–Crippen LogP) is 2.15. The Balaban J connectivity index is 1.42. The molecule has 0 amide bonds. The quantitative estimate of drug-likeness (QED) is 0.678. The van der Waals surface area contributed by atoms with Crippen LogP contribution in [-0.4, -0.2) is 48.1 Å². The molecule has 1 atom stereocenters. The second kappa shape index (κ2) is 7.75. The number of pyridine rings is 1. The van der Waals surface area contributed by atoms with E-state index < -0.39 is 10.0 Å². The van der Waals surface area contributed by atoms with Crippen LogP contribution in [0.3, 0.4) is 0 Å². The van der Waals surface area contributed by atoms with E-state index in [4.69, 9.17) is 0 Å². The third kappa shape index (κ3) is 4.18. The van der Waals surface area contributed by atoms with Crippen LogP contribution in [0.15, 0.2) is 53.7 Å². The number of rotatable bonds is 6. The summed E-state index contributed by atoms with van der Waals surface area (Å²) < 4.78 is 28.5. The third-order valence-electron chi connectivity index (χ3n) is 5.00. The van der Waals surface area contributed by atoms with Crippen molar-refractivity contribution in [1.82, 2.24) is 24.8 Å². The summed E-state index contributed by atoms with van der Waals surface area (Å²) in [6.45, 7) is 3.15. The van der Waals surface area contributed by atoms with E-state index in [1.165, 1.54) is 0 Å². The number of likely N-dealkylation sites (tertiary alicyclic amines) is 1. The second-order valence-electron chi connectivity index (χ2n) is 7.01. The first-order valence-corrected chi connectivity index (χ1v) is 10.6. The zero-order valence-corrected chi connectivity index (χ0v) is 15.8. The van der Waals surface area contributed by atoms with Crippen LogP contribution in [0.25, 0.3) is 10.9 Å². The average Bonchev–Trinajstić information content (AvgIpc) is 3.19. The van der Waals surface area contributed by atoms with Gasteiger partial charge in [0.1, 0.15) is 4.90 Å². The Bertz CT molecular complexity index is 999. The molecule has 27 heavy (non-hydrogen) atoms. The summed E-state index contributed by atoms with van der Waals surface area (Å²) in [5.41, 5.74) is 1.59. The van der Waals surface area contributed by atoms with Crippen molar-refractivity contribution in [3.8, 4) is 0 Å². The number of hydrogen-bond donors (Lipinski definition) is 2. The molecule has 8 heteroatoms. The molecule has 1 saturated heterocycles. The molecular formula is C19H23N5O2S. The zero-order chi connectivity index (χ0) is 18.7. The van der Waals surface area contributed by atoms with Gasteiger partial charge in [-0.3, -0.25) is 15.0 Å². The summed E-state index contributed by atoms with van der Waals surface area (Å²) in [5, 5.41) is 7.79. The first-order chi connectivity index (χ1) is 13.1. The molecule has 142 valence electrons. The van der Waals surface area contributed by atoms with Crippen LogP contribution >= 0.6 is 0 Å². The molecule has 7 nitrogen and oxygen atoms in total. The van der Waals surface area contributed by atoms with Crippen LogP contribution in [-0.2, 0) is 16.6 Å². The average molecular weight is 385 g/mol. The van der Waals surface area contributed by atoms with Gasteiger partial charge in [-0.25, -0.2) is 13.1 Å². The Kier molecular flexibility index (Phi) is 5.20. The molecule has 2 N–H and O–H groups in total. The number of H-pyrrole nitrogens is 1. The molecule has 1 aliphatic rings. The number of sulfonamides is 1. The molecule has 0 bridgehead atoms. The molecule has 0 saturated carbocycles. The van der Waals surface area contributed by atoms with E-state index >= 15 is 0 Å². The SMILES string of the molecule is O=S(=O)(NC[C@@H]1CCCN(Cc2ccn[nH]2)C1)c1cccc2cccnc12. The van der Waals surface area contributed by atoms with Crippen LogP contribution in [0.5, 0.6) is 0 Å². The molecule has 0 unspecified atom stereocenters. The number of hydrogen-bond acceptors (Lipinski definition) is 5. The van der Waals surface area contributed by atoms with Gasteiger partial charge in [-0.1, -0.05) is 18.2 Å². The Morgan fingerprint density at radius 3 is 2.93 bits per heavy atom. The van der Waals surface area contributed by atoms with Gasteiger partial charge in [0, 0.05) is 43.1 Å². The Labute approximate surface area is 158 Å². The van der Waals surface area contributed by atoms with Crippen LogP contribution < -0.4 is 4.72 Å². The number of nitrogens with one attached hydrogen (secondary N) is 2. The molecule has 1 fully saturated rings. The maximum atomic E-state index is 12.8. The summed E-state index contributed by atoms with van der Waals surface area (Å²) in [6.07, 6.45) is 5.46. The molecule has 1 aliphatic heterocycles. The van der Waals surface area contributed by atoms with E-state index in [2.05, 4.69) is 24.8 Å². The Morgan fingerprint density at radius 2 is 2.07 bits per heavy atom. The number of para-hydroxylation sites is 1. The van der Waals surface area contributed by atoms with Crippen molar-refractivity contribution in [2.45, 2.75) is 24.3 Å². The fraction of sp³-hybridized carbons (Fsp3) is 0.368. The lowest BCUT2D eigenvalue weighted by Gasteiger charge is -2.32. The summed E-state index contributed by atoms with van der Waals surface area (Å²) in [6, 6.07) is 10.9. The van der Waals surface area contributed by atoms with Crippen molar-refractivity contribution in [3.63, 3.8) is 0 Å². The van der Waals surface area contributed by atoms with Gasteiger partial charge in [0.25, 0.3) is 0 Å². The first kappa shape index (κ1) is 18.1.